The molecule has 2 atom stereocenters. The number of nitrogens with zero attached hydrogens (tertiary/aromatic N) is 6. The molecule has 21 heteroatoms. The van der Waals surface area contributed by atoms with Crippen LogP contribution in [-0.4, -0.2) is 59.8 Å². The summed E-state index contributed by atoms with van der Waals surface area (Å²) in [5, 5.41) is 40.5. The Bertz CT molecular complexity index is 3020. The van der Waals surface area contributed by atoms with Crippen molar-refractivity contribution in [2.24, 2.45) is 5.16 Å². The van der Waals surface area contributed by atoms with Gasteiger partial charge in [-0.1, -0.05) is 12.1 Å². The van der Waals surface area contributed by atoms with Crippen molar-refractivity contribution < 1.29 is 52.9 Å². The number of non-ortho nitro benzene ring substituents is 2. The number of carbonyl (C=O) groups is 3. The topological polar surface area (TPSA) is 274 Å². The normalized spacial score (nSPS) is 16.8. The Kier molecular flexibility index (Phi) is 9.79. The van der Waals surface area contributed by atoms with E-state index in [0.29, 0.717) is 27.9 Å². The number of aryl methyl sites for hydroxylation is 1. The first kappa shape index (κ1) is 41.6. The third kappa shape index (κ3) is 7.01. The molecule has 322 valence electrons. The molecule has 0 fully saturated rings. The number of pyridine rings is 2. The number of rotatable bonds is 9. The van der Waals surface area contributed by atoms with Crippen molar-refractivity contribution in [1.29, 1.82) is 0 Å². The maximum atomic E-state index is 14.1. The molecular formula is C42H34N6O15. The van der Waals surface area contributed by atoms with Crippen LogP contribution in [0.5, 0.6) is 5.75 Å². The molecule has 0 unspecified atom stereocenters. The third-order valence-corrected chi connectivity index (χ3v) is 10.7. The molecule has 0 spiro atoms. The van der Waals surface area contributed by atoms with Gasteiger partial charge in [-0.2, -0.15) is 0 Å². The first-order valence-electron chi connectivity index (χ1n) is 19.2. The highest BCUT2D eigenvalue weighted by Gasteiger charge is 2.51. The van der Waals surface area contributed by atoms with Gasteiger partial charge in [-0.3, -0.25) is 35.1 Å². The lowest BCUT2D eigenvalue weighted by Gasteiger charge is -2.36. The van der Waals surface area contributed by atoms with Crippen LogP contribution in [0.3, 0.4) is 0 Å². The van der Waals surface area contributed by atoms with Crippen molar-refractivity contribution in [2.75, 3.05) is 0 Å². The summed E-state index contributed by atoms with van der Waals surface area (Å²) >= 11 is 0. The molecule has 21 nitrogen and oxygen atoms in total. The smallest absolute Gasteiger partial charge is 0.457 e. The molecule has 0 amide bonds. The summed E-state index contributed by atoms with van der Waals surface area (Å²) in [6.45, 7) is 9.00. The standard InChI is InChI=1S/C42H34N6O15/c1-7-42(61-38(50)20(3)63-44-36-26-13-23(46(53)54)10-19(2)33(26)34-27(36)14-24(47(55)56)15-31(34)48(57)58)29-16-32-35-22(17-45(32)37(49)28(29)18-59-39(42)51)11-21-12-25(8-9-30(21)43-35)60-40(52)62-41(4,5)6/h8-16,20H,7,17-18H2,1-6H3/b44-36+/t20-,42-/m0/s1. The van der Waals surface area contributed by atoms with Crippen LogP contribution < -0.4 is 10.3 Å². The summed E-state index contributed by atoms with van der Waals surface area (Å²) in [6.07, 6.45) is -2.74. The number of oxime groups is 1. The maximum absolute atomic E-state index is 14.1. The lowest BCUT2D eigenvalue weighted by Crippen LogP contribution is -2.48. The zero-order valence-electron chi connectivity index (χ0n) is 34.2. The van der Waals surface area contributed by atoms with Crippen LogP contribution in [0.15, 0.2) is 64.5 Å². The van der Waals surface area contributed by atoms with Crippen LogP contribution in [0.4, 0.5) is 21.9 Å². The minimum absolute atomic E-state index is 0.0266. The van der Waals surface area contributed by atoms with Crippen molar-refractivity contribution in [3.63, 3.8) is 0 Å². The molecule has 5 aromatic rings. The second kappa shape index (κ2) is 14.8. The Labute approximate surface area is 354 Å². The Morgan fingerprint density at radius 1 is 0.952 bits per heavy atom. The van der Waals surface area contributed by atoms with Crippen LogP contribution in [0.25, 0.3) is 33.4 Å². The monoisotopic (exact) mass is 862 g/mol. The average Bonchev–Trinajstić information content (AvgIpc) is 3.73. The lowest BCUT2D eigenvalue weighted by molar-refractivity contribution is -0.393. The van der Waals surface area contributed by atoms with Crippen molar-refractivity contribution in [3.05, 3.63) is 129 Å². The van der Waals surface area contributed by atoms with Gasteiger partial charge in [0, 0.05) is 51.4 Å². The van der Waals surface area contributed by atoms with E-state index in [1.807, 2.05) is 0 Å². The fraction of sp³-hybridized carbons (Fsp3) is 0.286. The van der Waals surface area contributed by atoms with E-state index in [4.69, 9.17) is 28.8 Å². The zero-order valence-corrected chi connectivity index (χ0v) is 34.2. The molecule has 8 rings (SSSR count). The van der Waals surface area contributed by atoms with E-state index in [2.05, 4.69) is 5.16 Å². The predicted octanol–water partition coefficient (Wildman–Crippen LogP) is 6.82. The summed E-state index contributed by atoms with van der Waals surface area (Å²) in [6, 6.07) is 12.1. The number of hydrogen-bond donors (Lipinski definition) is 0. The highest BCUT2D eigenvalue weighted by molar-refractivity contribution is 6.26. The summed E-state index contributed by atoms with van der Waals surface area (Å²) < 4.78 is 23.4. The molecular weight excluding hydrogens is 828 g/mol. The van der Waals surface area contributed by atoms with Crippen LogP contribution in [0.2, 0.25) is 0 Å². The minimum Gasteiger partial charge on any atom is -0.457 e. The first-order valence-corrected chi connectivity index (χ1v) is 19.2. The molecule has 0 bridgehead atoms. The highest BCUT2D eigenvalue weighted by atomic mass is 16.7. The van der Waals surface area contributed by atoms with Gasteiger partial charge in [-0.25, -0.2) is 19.4 Å². The number of benzene rings is 3. The van der Waals surface area contributed by atoms with Gasteiger partial charge in [0.05, 0.1) is 55.4 Å². The highest BCUT2D eigenvalue weighted by Crippen LogP contribution is 2.48. The molecule has 1 aliphatic carbocycles. The molecule has 0 saturated carbocycles. The SMILES string of the molecule is CC[C@@]1(OC(=O)[C@H](C)O/N=C2\c3cc([N+](=O)[O-])cc(C)c3-c3c2cc([N+](=O)[O-])cc3[N+](=O)[O-])C(=O)OCc2c1cc1n(c2=O)Cc2cc3cc(OC(=O)OC(C)(C)C)ccc3nc2-1. The molecule has 2 aliphatic heterocycles. The molecule has 3 aliphatic rings. The molecule has 2 aromatic heterocycles. The van der Waals surface area contributed by atoms with Gasteiger partial charge in [0.15, 0.2) is 0 Å². The van der Waals surface area contributed by atoms with Crippen molar-refractivity contribution >= 4 is 51.8 Å². The van der Waals surface area contributed by atoms with E-state index in [-0.39, 0.29) is 63.4 Å². The number of cyclic esters (lactones) is 1. The van der Waals surface area contributed by atoms with Gasteiger partial charge in [0.1, 0.15) is 23.7 Å². The second-order valence-corrected chi connectivity index (χ2v) is 15.9. The molecule has 0 N–H and O–H groups in total. The van der Waals surface area contributed by atoms with Crippen LogP contribution in [0, 0.1) is 37.3 Å². The summed E-state index contributed by atoms with van der Waals surface area (Å²) in [5.74, 6) is -1.93. The Hall–Kier alpha value is -8.10. The summed E-state index contributed by atoms with van der Waals surface area (Å²) in [4.78, 5) is 97.9. The number of esters is 2. The van der Waals surface area contributed by atoms with Crippen molar-refractivity contribution in [1.82, 2.24) is 9.55 Å². The first-order chi connectivity index (χ1) is 29.7. The number of carbonyl (C=O) groups excluding carboxylic acids is 3. The van der Waals surface area contributed by atoms with E-state index in [1.54, 1.807) is 45.0 Å². The minimum atomic E-state index is -2.16. The van der Waals surface area contributed by atoms with E-state index in [9.17, 15) is 49.5 Å². The fourth-order valence-corrected chi connectivity index (χ4v) is 7.93. The quantitative estimate of drug-likeness (QED) is 0.0473. The number of ether oxygens (including phenoxy) is 4. The third-order valence-electron chi connectivity index (χ3n) is 10.7. The molecule has 3 aromatic carbocycles. The fourth-order valence-electron chi connectivity index (χ4n) is 7.93. The number of aromatic nitrogens is 2. The number of fused-ring (bicyclic) bond motifs is 8. The van der Waals surface area contributed by atoms with Crippen molar-refractivity contribution in [3.8, 4) is 28.3 Å². The number of nitro groups is 3. The lowest BCUT2D eigenvalue weighted by atomic mass is 9.85. The summed E-state index contributed by atoms with van der Waals surface area (Å²) in [7, 11) is 0. The molecule has 0 radical (unpaired) electrons. The Morgan fingerprint density at radius 3 is 2.29 bits per heavy atom. The van der Waals surface area contributed by atoms with E-state index < -0.39 is 79.4 Å². The van der Waals surface area contributed by atoms with E-state index in [0.717, 1.165) is 18.2 Å². The van der Waals surface area contributed by atoms with Gasteiger partial charge >= 0.3 is 18.1 Å². The van der Waals surface area contributed by atoms with Crippen LogP contribution >= 0.6 is 0 Å². The predicted molar refractivity (Wildman–Crippen MR) is 218 cm³/mol. The summed E-state index contributed by atoms with van der Waals surface area (Å²) in [5.41, 5.74) is -3.44. The number of hydrogen-bond acceptors (Lipinski definition) is 17. The zero-order chi connectivity index (χ0) is 45.4. The molecule has 4 heterocycles. The maximum Gasteiger partial charge on any atom is 0.514 e. The Morgan fingerprint density at radius 2 is 1.63 bits per heavy atom. The molecule has 63 heavy (non-hydrogen) atoms. The van der Waals surface area contributed by atoms with Crippen LogP contribution in [0.1, 0.15) is 74.4 Å². The van der Waals surface area contributed by atoms with Gasteiger partial charge < -0.3 is 28.4 Å². The van der Waals surface area contributed by atoms with Gasteiger partial charge in [-0.15, -0.1) is 0 Å². The van der Waals surface area contributed by atoms with E-state index in [1.165, 1.54) is 37.5 Å². The largest absolute Gasteiger partial charge is 0.514 e. The number of nitro benzene ring substituents is 3. The van der Waals surface area contributed by atoms with Gasteiger partial charge in [0.2, 0.25) is 11.7 Å². The van der Waals surface area contributed by atoms with Crippen molar-refractivity contribution in [2.45, 2.75) is 78.4 Å². The van der Waals surface area contributed by atoms with Gasteiger partial charge in [-0.05, 0) is 76.9 Å². The average molecular weight is 863 g/mol. The van der Waals surface area contributed by atoms with Crippen LogP contribution in [-0.2, 0) is 47.4 Å². The molecule has 0 saturated heterocycles. The van der Waals surface area contributed by atoms with E-state index >= 15 is 0 Å². The second-order valence-electron chi connectivity index (χ2n) is 15.9. The Balaban J connectivity index is 1.13. The van der Waals surface area contributed by atoms with Gasteiger partial charge in [0.25, 0.3) is 22.6 Å².